The summed E-state index contributed by atoms with van der Waals surface area (Å²) in [7, 11) is 1.39. The van der Waals surface area contributed by atoms with E-state index in [-0.39, 0.29) is 36.5 Å². The van der Waals surface area contributed by atoms with Crippen molar-refractivity contribution in [2.24, 2.45) is 21.7 Å². The van der Waals surface area contributed by atoms with E-state index >= 15 is 0 Å². The molecule has 2 aromatic rings. The van der Waals surface area contributed by atoms with Crippen LogP contribution in [0.5, 0.6) is 5.75 Å². The van der Waals surface area contributed by atoms with Crippen LogP contribution in [0, 0.1) is 11.7 Å². The number of guanidine groups is 1. The van der Waals surface area contributed by atoms with E-state index in [1.54, 1.807) is 17.6 Å². The molecule has 8 N–H and O–H groups in total. The van der Waals surface area contributed by atoms with Gasteiger partial charge in [0.05, 0.1) is 19.1 Å². The van der Waals surface area contributed by atoms with Crippen LogP contribution in [0.15, 0.2) is 52.6 Å². The summed E-state index contributed by atoms with van der Waals surface area (Å²) in [4.78, 5) is 30.3. The van der Waals surface area contributed by atoms with Gasteiger partial charge in [-0.1, -0.05) is 55.8 Å². The number of aliphatic imine (C=N–C) groups is 1. The number of benzene rings is 2. The molecule has 0 aromatic heterocycles. The van der Waals surface area contributed by atoms with Crippen LogP contribution in [0.2, 0.25) is 0 Å². The summed E-state index contributed by atoms with van der Waals surface area (Å²) in [6, 6.07) is 11.2. The number of quaternary nitrogens is 1. The Morgan fingerprint density at radius 1 is 1.21 bits per heavy atom. The van der Waals surface area contributed by atoms with Crippen LogP contribution in [0.25, 0.3) is 0 Å². The Bertz CT molecular complexity index is 1230. The van der Waals surface area contributed by atoms with E-state index in [0.29, 0.717) is 17.9 Å². The van der Waals surface area contributed by atoms with E-state index in [1.165, 1.54) is 19.6 Å². The van der Waals surface area contributed by atoms with Gasteiger partial charge in [-0.25, -0.2) is 9.38 Å². The van der Waals surface area contributed by atoms with Crippen molar-refractivity contribution in [3.8, 4) is 5.75 Å². The highest BCUT2D eigenvalue weighted by molar-refractivity contribution is 5.98. The fraction of sp³-hybridized carbons (Fsp3) is 0.407. The van der Waals surface area contributed by atoms with Gasteiger partial charge in [0.15, 0.2) is 17.5 Å². The maximum absolute atomic E-state index is 13.7. The smallest absolute Gasteiger partial charge is 0.270 e. The number of ether oxygens (including phenoxy) is 1. The first-order valence-electron chi connectivity index (χ1n) is 13.1. The Morgan fingerprint density at radius 3 is 2.77 bits per heavy atom. The van der Waals surface area contributed by atoms with E-state index in [2.05, 4.69) is 31.8 Å². The topological polar surface area (TPSA) is 159 Å². The third-order valence-electron chi connectivity index (χ3n) is 6.87. The predicted molar refractivity (Wildman–Crippen MR) is 144 cm³/mol. The number of carbonyl (C=O) groups excluding carboxylic acids is 2. The van der Waals surface area contributed by atoms with Crippen LogP contribution in [0.1, 0.15) is 55.2 Å². The molecule has 0 saturated heterocycles. The second kappa shape index (κ2) is 13.7. The van der Waals surface area contributed by atoms with Crippen LogP contribution in [0.3, 0.4) is 0 Å². The highest BCUT2D eigenvalue weighted by Crippen LogP contribution is 2.28. The van der Waals surface area contributed by atoms with E-state index in [1.807, 2.05) is 24.3 Å². The molecule has 1 atom stereocenters. The molecule has 0 unspecified atom stereocenters. The number of rotatable bonds is 10. The van der Waals surface area contributed by atoms with E-state index in [9.17, 15) is 14.0 Å². The summed E-state index contributed by atoms with van der Waals surface area (Å²) in [6.45, 7) is 0.183. The molecule has 2 aromatic carbocycles. The number of amides is 2. The summed E-state index contributed by atoms with van der Waals surface area (Å²) in [5, 5.41) is 9.62. The van der Waals surface area contributed by atoms with E-state index in [4.69, 9.17) is 10.5 Å². The lowest BCUT2D eigenvalue weighted by Gasteiger charge is -2.24. The van der Waals surface area contributed by atoms with Gasteiger partial charge in [0.2, 0.25) is 11.8 Å². The van der Waals surface area contributed by atoms with Crippen LogP contribution < -0.4 is 37.6 Å². The number of nitrogens with one attached hydrogen (secondary N) is 4. The number of nitrogens with zero attached hydrogens (tertiary/aromatic N) is 2. The average Bonchev–Trinajstić information content (AvgIpc) is 3.48. The highest BCUT2D eigenvalue weighted by Gasteiger charge is 2.25. The van der Waals surface area contributed by atoms with Gasteiger partial charge in [-0.3, -0.25) is 14.9 Å². The Kier molecular flexibility index (Phi) is 9.81. The first-order chi connectivity index (χ1) is 18.9. The van der Waals surface area contributed by atoms with Crippen molar-refractivity contribution >= 4 is 23.6 Å². The Labute approximate surface area is 226 Å². The van der Waals surface area contributed by atoms with Gasteiger partial charge >= 0.3 is 0 Å². The summed E-state index contributed by atoms with van der Waals surface area (Å²) >= 11 is 0. The SMILES string of the molecule is COc1cc(CNC(=O)[C@@H](CC2CCCCC2)N=C(N)NC(=O)Cc2cccc(C3=NNN[NH2+]3)c2)ccc1F. The molecule has 0 bridgehead atoms. The number of amidine groups is 1. The van der Waals surface area contributed by atoms with Crippen molar-refractivity contribution in [2.45, 2.75) is 57.5 Å². The minimum Gasteiger partial charge on any atom is -0.494 e. The summed E-state index contributed by atoms with van der Waals surface area (Å²) < 4.78 is 18.8. The molecular formula is C27H36FN8O3+. The lowest BCUT2D eigenvalue weighted by molar-refractivity contribution is -0.601. The molecule has 2 amide bonds. The van der Waals surface area contributed by atoms with Gasteiger partial charge in [-0.05, 0) is 47.7 Å². The van der Waals surface area contributed by atoms with Crippen LogP contribution >= 0.6 is 0 Å². The van der Waals surface area contributed by atoms with Crippen molar-refractivity contribution in [1.29, 1.82) is 0 Å². The number of carbonyl (C=O) groups is 2. The third kappa shape index (κ3) is 8.23. The lowest BCUT2D eigenvalue weighted by Crippen LogP contribution is -2.95. The maximum atomic E-state index is 13.7. The van der Waals surface area contributed by atoms with Crippen molar-refractivity contribution in [1.82, 2.24) is 21.7 Å². The normalized spacial score (nSPS) is 16.7. The van der Waals surface area contributed by atoms with E-state index in [0.717, 1.165) is 42.6 Å². The Hall–Kier alpha value is -4.03. The van der Waals surface area contributed by atoms with Gasteiger partial charge in [-0.2, -0.15) is 11.0 Å². The molecule has 208 valence electrons. The van der Waals surface area contributed by atoms with Crippen molar-refractivity contribution in [2.75, 3.05) is 7.11 Å². The zero-order valence-corrected chi connectivity index (χ0v) is 22.0. The second-order valence-corrected chi connectivity index (χ2v) is 9.78. The minimum absolute atomic E-state index is 0.0874. The molecule has 11 nitrogen and oxygen atoms in total. The monoisotopic (exact) mass is 539 g/mol. The van der Waals surface area contributed by atoms with E-state index < -0.39 is 11.9 Å². The molecule has 12 heteroatoms. The molecular weight excluding hydrogens is 503 g/mol. The fourth-order valence-electron chi connectivity index (χ4n) is 4.86. The van der Waals surface area contributed by atoms with Gasteiger partial charge in [-0.15, -0.1) is 5.10 Å². The first kappa shape index (κ1) is 28.0. The van der Waals surface area contributed by atoms with Gasteiger partial charge < -0.3 is 15.8 Å². The number of hydrogen-bond acceptors (Lipinski definition) is 7. The van der Waals surface area contributed by atoms with Crippen LogP contribution in [-0.4, -0.2) is 36.8 Å². The van der Waals surface area contributed by atoms with Gasteiger partial charge in [0.1, 0.15) is 6.04 Å². The molecule has 0 spiro atoms. The standard InChI is InChI=1S/C27H35FN8O3/c1-39-23-14-19(10-11-21(23)28)16-30-26(38)22(13-17-6-3-2-4-7-17)31-27(29)32-24(37)15-18-8-5-9-20(12-18)25-33-35-36-34-25/h5,8-12,14,17,22,35-36H,2-4,6-7,13,15-16H2,1H3,(H,30,38)(H,33,34)(H3,29,31,32,37)/p+1/t22-/m1/s1. The zero-order chi connectivity index (χ0) is 27.6. The number of hydrazine groups is 1. The Balaban J connectivity index is 1.39. The third-order valence-corrected chi connectivity index (χ3v) is 6.87. The van der Waals surface area contributed by atoms with Crippen molar-refractivity contribution in [3.05, 3.63) is 65.0 Å². The predicted octanol–water partition coefficient (Wildman–Crippen LogP) is 0.711. The second-order valence-electron chi connectivity index (χ2n) is 9.78. The molecule has 0 radical (unpaired) electrons. The summed E-state index contributed by atoms with van der Waals surface area (Å²) in [5.41, 5.74) is 15.6. The number of hydrazone groups is 1. The Morgan fingerprint density at radius 2 is 2.03 bits per heavy atom. The molecule has 1 heterocycles. The number of halogens is 1. The first-order valence-corrected chi connectivity index (χ1v) is 13.1. The average molecular weight is 540 g/mol. The molecule has 1 saturated carbocycles. The largest absolute Gasteiger partial charge is 0.494 e. The van der Waals surface area contributed by atoms with Crippen LogP contribution in [0.4, 0.5) is 4.39 Å². The number of methoxy groups -OCH3 is 1. The lowest BCUT2D eigenvalue weighted by atomic mass is 9.84. The van der Waals surface area contributed by atoms with Crippen LogP contribution in [-0.2, 0) is 22.6 Å². The quantitative estimate of drug-likeness (QED) is 0.148. The highest BCUT2D eigenvalue weighted by atomic mass is 19.1. The number of nitrogens with two attached hydrogens (primary N) is 2. The molecule has 2 aliphatic rings. The zero-order valence-electron chi connectivity index (χ0n) is 22.0. The maximum Gasteiger partial charge on any atom is 0.270 e. The van der Waals surface area contributed by atoms with Crippen molar-refractivity contribution < 1.29 is 24.1 Å². The van der Waals surface area contributed by atoms with Gasteiger partial charge in [0, 0.05) is 6.54 Å². The molecule has 1 aliphatic carbocycles. The minimum atomic E-state index is -0.755. The summed E-state index contributed by atoms with van der Waals surface area (Å²) in [5.74, 6) is -0.0103. The molecule has 1 fully saturated rings. The molecule has 39 heavy (non-hydrogen) atoms. The fourth-order valence-corrected chi connectivity index (χ4v) is 4.86. The van der Waals surface area contributed by atoms with Gasteiger partial charge in [0.25, 0.3) is 5.84 Å². The van der Waals surface area contributed by atoms with Crippen molar-refractivity contribution in [3.63, 3.8) is 0 Å². The molecule has 1 aliphatic heterocycles. The number of hydrogen-bond donors (Lipinski definition) is 6. The molecule has 4 rings (SSSR count). The summed E-state index contributed by atoms with van der Waals surface area (Å²) in [6.07, 6.45) is 6.14.